The van der Waals surface area contributed by atoms with Gasteiger partial charge in [-0.3, -0.25) is 0 Å². The molecule has 2 aromatic rings. The smallest absolute Gasteiger partial charge is 0.315 e. The summed E-state index contributed by atoms with van der Waals surface area (Å²) < 4.78 is 10.3. The molecule has 1 heterocycles. The van der Waals surface area contributed by atoms with Gasteiger partial charge in [0.25, 0.3) is 0 Å². The van der Waals surface area contributed by atoms with Crippen LogP contribution in [0, 0.1) is 0 Å². The Morgan fingerprint density at radius 3 is 2.79 bits per heavy atom. The zero-order chi connectivity index (χ0) is 13.5. The number of methoxy groups -OCH3 is 1. The van der Waals surface area contributed by atoms with Gasteiger partial charge in [-0.15, -0.1) is 5.10 Å². The second-order valence-corrected chi connectivity index (χ2v) is 4.50. The van der Waals surface area contributed by atoms with Gasteiger partial charge in [0.15, 0.2) is 0 Å². The van der Waals surface area contributed by atoms with E-state index >= 15 is 0 Å². The lowest BCUT2D eigenvalue weighted by Gasteiger charge is -2.11. The largest absolute Gasteiger partial charge is 0.406 e. The number of hydrogen-bond donors (Lipinski definition) is 1. The van der Waals surface area contributed by atoms with Gasteiger partial charge in [0, 0.05) is 13.2 Å². The number of ether oxygens (including phenoxy) is 1. The SMILES string of the molecule is COCc1nnc(NC(C)CCc2ccccc2)o1. The Morgan fingerprint density at radius 1 is 1.26 bits per heavy atom. The van der Waals surface area contributed by atoms with Crippen molar-refractivity contribution in [1.82, 2.24) is 10.2 Å². The number of anilines is 1. The van der Waals surface area contributed by atoms with Crippen molar-refractivity contribution in [3.8, 4) is 0 Å². The van der Waals surface area contributed by atoms with Crippen LogP contribution in [0.1, 0.15) is 24.8 Å². The first-order valence-electron chi connectivity index (χ1n) is 6.39. The average molecular weight is 261 g/mol. The Kier molecular flexibility index (Phi) is 4.92. The highest BCUT2D eigenvalue weighted by Crippen LogP contribution is 2.11. The van der Waals surface area contributed by atoms with E-state index in [0.717, 1.165) is 12.8 Å². The number of rotatable bonds is 7. The highest BCUT2D eigenvalue weighted by molar-refractivity contribution is 5.20. The Morgan fingerprint density at radius 2 is 2.05 bits per heavy atom. The average Bonchev–Trinajstić information content (AvgIpc) is 2.85. The molecular weight excluding hydrogens is 242 g/mol. The van der Waals surface area contributed by atoms with Crippen LogP contribution in [0.4, 0.5) is 6.01 Å². The highest BCUT2D eigenvalue weighted by atomic mass is 16.5. The molecule has 0 amide bonds. The van der Waals surface area contributed by atoms with E-state index in [1.54, 1.807) is 7.11 Å². The maximum absolute atomic E-state index is 5.39. The Balaban J connectivity index is 1.78. The van der Waals surface area contributed by atoms with Crippen LogP contribution in [0.15, 0.2) is 34.7 Å². The molecule has 2 rings (SSSR count). The first-order chi connectivity index (χ1) is 9.28. The lowest BCUT2D eigenvalue weighted by atomic mass is 10.1. The van der Waals surface area contributed by atoms with Crippen molar-refractivity contribution in [2.75, 3.05) is 12.4 Å². The molecule has 0 aliphatic rings. The van der Waals surface area contributed by atoms with Crippen molar-refractivity contribution in [3.05, 3.63) is 41.8 Å². The highest BCUT2D eigenvalue weighted by Gasteiger charge is 2.09. The fourth-order valence-corrected chi connectivity index (χ4v) is 1.80. The van der Waals surface area contributed by atoms with E-state index in [1.165, 1.54) is 5.56 Å². The predicted molar refractivity (Wildman–Crippen MR) is 72.9 cm³/mol. The monoisotopic (exact) mass is 261 g/mol. The summed E-state index contributed by atoms with van der Waals surface area (Å²) in [6, 6.07) is 11.1. The van der Waals surface area contributed by atoms with Gasteiger partial charge in [-0.25, -0.2) is 0 Å². The fourth-order valence-electron chi connectivity index (χ4n) is 1.80. The van der Waals surface area contributed by atoms with Gasteiger partial charge < -0.3 is 14.5 Å². The topological polar surface area (TPSA) is 60.2 Å². The molecule has 5 nitrogen and oxygen atoms in total. The molecule has 102 valence electrons. The van der Waals surface area contributed by atoms with E-state index in [2.05, 4.69) is 46.7 Å². The molecule has 1 N–H and O–H groups in total. The molecule has 0 aliphatic carbocycles. The van der Waals surface area contributed by atoms with Crippen LogP contribution >= 0.6 is 0 Å². The third-order valence-electron chi connectivity index (χ3n) is 2.81. The van der Waals surface area contributed by atoms with Gasteiger partial charge in [-0.05, 0) is 25.3 Å². The van der Waals surface area contributed by atoms with E-state index < -0.39 is 0 Å². The van der Waals surface area contributed by atoms with Gasteiger partial charge >= 0.3 is 6.01 Å². The van der Waals surface area contributed by atoms with E-state index in [4.69, 9.17) is 9.15 Å². The number of benzene rings is 1. The van der Waals surface area contributed by atoms with Gasteiger partial charge in [-0.2, -0.15) is 0 Å². The van der Waals surface area contributed by atoms with Crippen molar-refractivity contribution >= 4 is 6.01 Å². The molecule has 1 atom stereocenters. The normalized spacial score (nSPS) is 12.3. The summed E-state index contributed by atoms with van der Waals surface area (Å²) >= 11 is 0. The number of nitrogens with zero attached hydrogens (tertiary/aromatic N) is 2. The maximum atomic E-state index is 5.39. The van der Waals surface area contributed by atoms with Gasteiger partial charge in [0.05, 0.1) is 0 Å². The summed E-state index contributed by atoms with van der Waals surface area (Å²) in [4.78, 5) is 0. The minimum Gasteiger partial charge on any atom is -0.406 e. The maximum Gasteiger partial charge on any atom is 0.315 e. The van der Waals surface area contributed by atoms with Crippen molar-refractivity contribution in [2.24, 2.45) is 0 Å². The minimum atomic E-state index is 0.274. The number of aromatic nitrogens is 2. The minimum absolute atomic E-state index is 0.274. The van der Waals surface area contributed by atoms with Crippen molar-refractivity contribution < 1.29 is 9.15 Å². The second-order valence-electron chi connectivity index (χ2n) is 4.50. The molecule has 1 unspecified atom stereocenters. The summed E-state index contributed by atoms with van der Waals surface area (Å²) in [7, 11) is 1.60. The van der Waals surface area contributed by atoms with E-state index in [0.29, 0.717) is 18.5 Å². The molecule has 1 aromatic heterocycles. The molecule has 0 fully saturated rings. The van der Waals surface area contributed by atoms with Crippen molar-refractivity contribution in [1.29, 1.82) is 0 Å². The van der Waals surface area contributed by atoms with E-state index in [-0.39, 0.29) is 6.04 Å². The van der Waals surface area contributed by atoms with E-state index in [1.807, 2.05) is 6.07 Å². The molecule has 19 heavy (non-hydrogen) atoms. The summed E-state index contributed by atoms with van der Waals surface area (Å²) in [5.74, 6) is 0.486. The zero-order valence-corrected chi connectivity index (χ0v) is 11.3. The standard InChI is InChI=1S/C14H19N3O2/c1-11(8-9-12-6-4-3-5-7-12)15-14-17-16-13(19-14)10-18-2/h3-7,11H,8-10H2,1-2H3,(H,15,17). The Labute approximate surface area is 113 Å². The van der Waals surface area contributed by atoms with Crippen LogP contribution in [0.3, 0.4) is 0 Å². The molecule has 0 spiro atoms. The summed E-state index contributed by atoms with van der Waals surface area (Å²) in [5, 5.41) is 11.0. The number of nitrogens with one attached hydrogen (secondary N) is 1. The zero-order valence-electron chi connectivity index (χ0n) is 11.3. The van der Waals surface area contributed by atoms with Gasteiger partial charge in [0.2, 0.25) is 5.89 Å². The first-order valence-corrected chi connectivity index (χ1v) is 6.39. The lowest BCUT2D eigenvalue weighted by molar-refractivity contribution is 0.160. The Bertz CT molecular complexity index is 484. The fraction of sp³-hybridized carbons (Fsp3) is 0.429. The third-order valence-corrected chi connectivity index (χ3v) is 2.81. The molecule has 5 heteroatoms. The Hall–Kier alpha value is -1.88. The molecule has 0 aliphatic heterocycles. The molecule has 0 saturated heterocycles. The predicted octanol–water partition coefficient (Wildman–Crippen LogP) is 2.65. The van der Waals surface area contributed by atoms with Crippen LogP contribution in [0.5, 0.6) is 0 Å². The quantitative estimate of drug-likeness (QED) is 0.830. The summed E-state index contributed by atoms with van der Waals surface area (Å²) in [6.45, 7) is 2.44. The molecule has 0 saturated carbocycles. The van der Waals surface area contributed by atoms with Crippen molar-refractivity contribution in [2.45, 2.75) is 32.4 Å². The van der Waals surface area contributed by atoms with Crippen LogP contribution < -0.4 is 5.32 Å². The summed E-state index contributed by atoms with van der Waals surface area (Å²) in [5.41, 5.74) is 1.33. The lowest BCUT2D eigenvalue weighted by Crippen LogP contribution is -2.16. The number of hydrogen-bond acceptors (Lipinski definition) is 5. The molecule has 1 aromatic carbocycles. The molecule has 0 bridgehead atoms. The first kappa shape index (κ1) is 13.5. The van der Waals surface area contributed by atoms with Crippen LogP contribution in [-0.4, -0.2) is 23.3 Å². The van der Waals surface area contributed by atoms with Gasteiger partial charge in [0.1, 0.15) is 6.61 Å². The van der Waals surface area contributed by atoms with E-state index in [9.17, 15) is 0 Å². The second kappa shape index (κ2) is 6.89. The molecule has 0 radical (unpaired) electrons. The third kappa shape index (κ3) is 4.37. The molecular formula is C14H19N3O2. The van der Waals surface area contributed by atoms with Crippen LogP contribution in [0.2, 0.25) is 0 Å². The summed E-state index contributed by atoms with van der Waals surface area (Å²) in [6.07, 6.45) is 2.03. The van der Waals surface area contributed by atoms with Crippen LogP contribution in [0.25, 0.3) is 0 Å². The van der Waals surface area contributed by atoms with Gasteiger partial charge in [-0.1, -0.05) is 35.4 Å². The number of aryl methyl sites for hydroxylation is 1. The van der Waals surface area contributed by atoms with Crippen molar-refractivity contribution in [3.63, 3.8) is 0 Å². The van der Waals surface area contributed by atoms with Crippen LogP contribution in [-0.2, 0) is 17.8 Å².